The molecule has 0 saturated carbocycles. The molecule has 2 rings (SSSR count). The third-order valence-electron chi connectivity index (χ3n) is 3.00. The summed E-state index contributed by atoms with van der Waals surface area (Å²) in [7, 11) is 1.86. The number of nitrogens with zero attached hydrogens (tertiary/aromatic N) is 5. The van der Waals surface area contributed by atoms with Gasteiger partial charge in [0.05, 0.1) is 25.0 Å². The number of carbonyl (C=O) groups is 1. The molecule has 0 aliphatic heterocycles. The van der Waals surface area contributed by atoms with E-state index in [1.54, 1.807) is 22.5 Å². The van der Waals surface area contributed by atoms with Crippen molar-refractivity contribution < 1.29 is 9.53 Å². The first-order chi connectivity index (χ1) is 10.0. The third kappa shape index (κ3) is 3.68. The Balaban J connectivity index is 2.29. The summed E-state index contributed by atoms with van der Waals surface area (Å²) in [5, 5.41) is 12.2. The van der Waals surface area contributed by atoms with Gasteiger partial charge in [-0.25, -0.2) is 9.48 Å². The van der Waals surface area contributed by atoms with Crippen LogP contribution in [-0.4, -0.2) is 37.4 Å². The maximum Gasteiger partial charge on any atom is 0.360 e. The molecule has 0 atom stereocenters. The van der Waals surface area contributed by atoms with E-state index in [1.165, 1.54) is 0 Å². The van der Waals surface area contributed by atoms with Crippen molar-refractivity contribution >= 4 is 5.97 Å². The van der Waals surface area contributed by atoms with Crippen molar-refractivity contribution in [3.8, 4) is 0 Å². The van der Waals surface area contributed by atoms with Crippen LogP contribution in [0.4, 0.5) is 0 Å². The van der Waals surface area contributed by atoms with Crippen LogP contribution < -0.4 is 0 Å². The molecular formula is C14H21N5O2. The fourth-order valence-electron chi connectivity index (χ4n) is 2.13. The molecule has 0 fully saturated rings. The van der Waals surface area contributed by atoms with E-state index >= 15 is 0 Å². The topological polar surface area (TPSA) is 74.8 Å². The summed E-state index contributed by atoms with van der Waals surface area (Å²) in [5.74, 6) is -0.0186. The Hall–Kier alpha value is -2.18. The number of esters is 1. The standard InChI is InChI=1S/C14H21N5O2/c1-5-21-14(20)13-12(6-10(2)3)19(17-16-13)9-11-7-15-18(4)8-11/h7-8,10H,5-6,9H2,1-4H3. The van der Waals surface area contributed by atoms with Gasteiger partial charge in [0.2, 0.25) is 0 Å². The zero-order valence-corrected chi connectivity index (χ0v) is 12.9. The Morgan fingerprint density at radius 1 is 1.43 bits per heavy atom. The lowest BCUT2D eigenvalue weighted by Gasteiger charge is -2.09. The summed E-state index contributed by atoms with van der Waals surface area (Å²) in [6, 6.07) is 0. The van der Waals surface area contributed by atoms with Gasteiger partial charge in [0.25, 0.3) is 0 Å². The van der Waals surface area contributed by atoms with Crippen LogP contribution in [0.2, 0.25) is 0 Å². The van der Waals surface area contributed by atoms with Crippen molar-refractivity contribution in [2.24, 2.45) is 13.0 Å². The highest BCUT2D eigenvalue weighted by Gasteiger charge is 2.21. The number of aromatic nitrogens is 5. The second-order valence-electron chi connectivity index (χ2n) is 5.38. The molecule has 2 heterocycles. The van der Waals surface area contributed by atoms with E-state index in [0.717, 1.165) is 17.7 Å². The van der Waals surface area contributed by atoms with E-state index in [-0.39, 0.29) is 0 Å². The van der Waals surface area contributed by atoms with Gasteiger partial charge in [-0.2, -0.15) is 5.10 Å². The van der Waals surface area contributed by atoms with Crippen molar-refractivity contribution in [1.29, 1.82) is 0 Å². The van der Waals surface area contributed by atoms with Gasteiger partial charge in [-0.3, -0.25) is 4.68 Å². The van der Waals surface area contributed by atoms with Crippen LogP contribution in [0.5, 0.6) is 0 Å². The SMILES string of the molecule is CCOC(=O)c1nnn(Cc2cnn(C)c2)c1CC(C)C. The average Bonchev–Trinajstić information content (AvgIpc) is 2.97. The van der Waals surface area contributed by atoms with Crippen molar-refractivity contribution in [2.45, 2.75) is 33.7 Å². The van der Waals surface area contributed by atoms with Gasteiger partial charge in [0, 0.05) is 18.8 Å². The van der Waals surface area contributed by atoms with Crippen LogP contribution in [0, 0.1) is 5.92 Å². The lowest BCUT2D eigenvalue weighted by molar-refractivity contribution is 0.0517. The molecule has 0 bridgehead atoms. The number of ether oxygens (including phenoxy) is 1. The van der Waals surface area contributed by atoms with Gasteiger partial charge in [0.15, 0.2) is 5.69 Å². The van der Waals surface area contributed by atoms with Gasteiger partial charge in [-0.1, -0.05) is 19.1 Å². The summed E-state index contributed by atoms with van der Waals surface area (Å²) in [5.41, 5.74) is 2.14. The maximum absolute atomic E-state index is 12.0. The van der Waals surface area contributed by atoms with Gasteiger partial charge < -0.3 is 4.74 Å². The molecule has 21 heavy (non-hydrogen) atoms. The summed E-state index contributed by atoms with van der Waals surface area (Å²) in [6.45, 7) is 6.84. The highest BCUT2D eigenvalue weighted by molar-refractivity contribution is 5.88. The second kappa shape index (κ2) is 6.51. The minimum absolute atomic E-state index is 0.314. The molecule has 2 aromatic rings. The molecule has 0 aliphatic rings. The highest BCUT2D eigenvalue weighted by atomic mass is 16.5. The van der Waals surface area contributed by atoms with Crippen LogP contribution >= 0.6 is 0 Å². The van der Waals surface area contributed by atoms with E-state index in [9.17, 15) is 4.79 Å². The Labute approximate surface area is 123 Å². The molecule has 7 nitrogen and oxygen atoms in total. The first kappa shape index (κ1) is 15.2. The zero-order valence-electron chi connectivity index (χ0n) is 12.9. The second-order valence-corrected chi connectivity index (χ2v) is 5.38. The largest absolute Gasteiger partial charge is 0.461 e. The molecule has 0 aromatic carbocycles. The van der Waals surface area contributed by atoms with Gasteiger partial charge in [0.1, 0.15) is 0 Å². The molecule has 114 valence electrons. The minimum atomic E-state index is -0.411. The maximum atomic E-state index is 12.0. The van der Waals surface area contributed by atoms with Gasteiger partial charge in [-0.15, -0.1) is 5.10 Å². The van der Waals surface area contributed by atoms with Gasteiger partial charge in [-0.05, 0) is 19.3 Å². The van der Waals surface area contributed by atoms with E-state index < -0.39 is 5.97 Å². The predicted octanol–water partition coefficient (Wildman–Crippen LogP) is 1.44. The normalized spacial score (nSPS) is 11.1. The first-order valence-electron chi connectivity index (χ1n) is 7.08. The Morgan fingerprint density at radius 3 is 2.76 bits per heavy atom. The third-order valence-corrected chi connectivity index (χ3v) is 3.00. The van der Waals surface area contributed by atoms with Crippen molar-refractivity contribution in [3.05, 3.63) is 29.3 Å². The molecule has 0 radical (unpaired) electrons. The van der Waals surface area contributed by atoms with Crippen molar-refractivity contribution in [2.75, 3.05) is 6.61 Å². The molecule has 0 spiro atoms. The summed E-state index contributed by atoms with van der Waals surface area (Å²) in [6.07, 6.45) is 4.43. The van der Waals surface area contributed by atoms with E-state index in [4.69, 9.17) is 4.74 Å². The summed E-state index contributed by atoms with van der Waals surface area (Å²) in [4.78, 5) is 12.0. The number of hydrogen-bond donors (Lipinski definition) is 0. The molecule has 2 aromatic heterocycles. The van der Waals surface area contributed by atoms with E-state index in [2.05, 4.69) is 29.3 Å². The average molecular weight is 291 g/mol. The fraction of sp³-hybridized carbons (Fsp3) is 0.571. The lowest BCUT2D eigenvalue weighted by atomic mass is 10.1. The van der Waals surface area contributed by atoms with Crippen molar-refractivity contribution in [3.63, 3.8) is 0 Å². The molecule has 0 saturated heterocycles. The molecule has 0 N–H and O–H groups in total. The summed E-state index contributed by atoms with van der Waals surface area (Å²) >= 11 is 0. The van der Waals surface area contributed by atoms with Crippen LogP contribution in [-0.2, 0) is 24.8 Å². The Kier molecular flexibility index (Phi) is 4.72. The smallest absolute Gasteiger partial charge is 0.360 e. The predicted molar refractivity (Wildman–Crippen MR) is 76.8 cm³/mol. The van der Waals surface area contributed by atoms with Crippen LogP contribution in [0.3, 0.4) is 0 Å². The number of carbonyl (C=O) groups excluding carboxylic acids is 1. The van der Waals surface area contributed by atoms with Gasteiger partial charge >= 0.3 is 5.97 Å². The number of aryl methyl sites for hydroxylation is 1. The highest BCUT2D eigenvalue weighted by Crippen LogP contribution is 2.14. The number of hydrogen-bond acceptors (Lipinski definition) is 5. The molecule has 0 amide bonds. The van der Waals surface area contributed by atoms with E-state index in [1.807, 2.05) is 13.2 Å². The van der Waals surface area contributed by atoms with Crippen molar-refractivity contribution in [1.82, 2.24) is 24.8 Å². The number of rotatable bonds is 6. The summed E-state index contributed by atoms with van der Waals surface area (Å²) < 4.78 is 8.54. The minimum Gasteiger partial charge on any atom is -0.461 e. The van der Waals surface area contributed by atoms with E-state index in [0.29, 0.717) is 24.8 Å². The monoisotopic (exact) mass is 291 g/mol. The zero-order chi connectivity index (χ0) is 15.4. The lowest BCUT2D eigenvalue weighted by Crippen LogP contribution is -2.13. The van der Waals surface area contributed by atoms with Crippen LogP contribution in [0.15, 0.2) is 12.4 Å². The van der Waals surface area contributed by atoms with Crippen LogP contribution in [0.1, 0.15) is 42.5 Å². The van der Waals surface area contributed by atoms with Crippen LogP contribution in [0.25, 0.3) is 0 Å². The molecule has 7 heteroatoms. The first-order valence-corrected chi connectivity index (χ1v) is 7.08. The molecule has 0 unspecified atom stereocenters. The Bertz CT molecular complexity index is 615. The molecular weight excluding hydrogens is 270 g/mol. The quantitative estimate of drug-likeness (QED) is 0.753. The Morgan fingerprint density at radius 2 is 2.19 bits per heavy atom. The molecule has 0 aliphatic carbocycles. The fourth-order valence-corrected chi connectivity index (χ4v) is 2.13.